The SMILES string of the molecule is COc1ccc(CC(=O)N(Cc2ccc(Cl)cc2)C(C(=O)NCC(C)C)c2ccccc2)cc1OC. The van der Waals surface area contributed by atoms with Crippen LogP contribution in [0.4, 0.5) is 0 Å². The monoisotopic (exact) mass is 508 g/mol. The minimum Gasteiger partial charge on any atom is -0.493 e. The highest BCUT2D eigenvalue weighted by Gasteiger charge is 2.31. The molecule has 0 aliphatic heterocycles. The van der Waals surface area contributed by atoms with Gasteiger partial charge < -0.3 is 19.7 Å². The summed E-state index contributed by atoms with van der Waals surface area (Å²) in [5.41, 5.74) is 2.37. The number of hydrogen-bond acceptors (Lipinski definition) is 4. The van der Waals surface area contributed by atoms with Gasteiger partial charge in [-0.3, -0.25) is 9.59 Å². The van der Waals surface area contributed by atoms with Crippen molar-refractivity contribution >= 4 is 23.4 Å². The normalized spacial score (nSPS) is 11.6. The molecule has 3 rings (SSSR count). The van der Waals surface area contributed by atoms with E-state index in [4.69, 9.17) is 21.1 Å². The summed E-state index contributed by atoms with van der Waals surface area (Å²) in [6.07, 6.45) is 0.0920. The zero-order valence-corrected chi connectivity index (χ0v) is 21.9. The molecule has 0 spiro atoms. The molecule has 3 aromatic rings. The van der Waals surface area contributed by atoms with E-state index in [0.29, 0.717) is 23.1 Å². The van der Waals surface area contributed by atoms with Gasteiger partial charge in [-0.2, -0.15) is 0 Å². The van der Waals surface area contributed by atoms with Crippen LogP contribution < -0.4 is 14.8 Å². The van der Waals surface area contributed by atoms with Gasteiger partial charge in [0.15, 0.2) is 11.5 Å². The van der Waals surface area contributed by atoms with Crippen LogP contribution in [0.15, 0.2) is 72.8 Å². The summed E-state index contributed by atoms with van der Waals surface area (Å²) in [5.74, 6) is 0.996. The molecule has 0 heterocycles. The number of hydrogen-bond donors (Lipinski definition) is 1. The van der Waals surface area contributed by atoms with Gasteiger partial charge in [-0.15, -0.1) is 0 Å². The first kappa shape index (κ1) is 27.1. The molecule has 0 saturated carbocycles. The van der Waals surface area contributed by atoms with Crippen molar-refractivity contribution < 1.29 is 19.1 Å². The first-order valence-corrected chi connectivity index (χ1v) is 12.3. The number of carbonyl (C=O) groups is 2. The number of methoxy groups -OCH3 is 2. The maximum Gasteiger partial charge on any atom is 0.247 e. The third-order valence-corrected chi connectivity index (χ3v) is 6.00. The summed E-state index contributed by atoms with van der Waals surface area (Å²) < 4.78 is 10.7. The van der Waals surface area contributed by atoms with Crippen LogP contribution in [0, 0.1) is 5.92 Å². The van der Waals surface area contributed by atoms with Crippen molar-refractivity contribution in [3.05, 3.63) is 94.5 Å². The van der Waals surface area contributed by atoms with E-state index in [1.54, 1.807) is 43.4 Å². The van der Waals surface area contributed by atoms with Crippen molar-refractivity contribution in [2.24, 2.45) is 5.92 Å². The number of amides is 2. The Bertz CT molecular complexity index is 1150. The van der Waals surface area contributed by atoms with E-state index in [1.165, 1.54) is 0 Å². The molecule has 0 fully saturated rings. The Labute approximate surface area is 218 Å². The van der Waals surface area contributed by atoms with E-state index in [9.17, 15) is 9.59 Å². The summed E-state index contributed by atoms with van der Waals surface area (Å²) in [6, 6.07) is 21.3. The van der Waals surface area contributed by atoms with Crippen LogP contribution in [0.5, 0.6) is 11.5 Å². The predicted molar refractivity (Wildman–Crippen MR) is 142 cm³/mol. The van der Waals surface area contributed by atoms with Gasteiger partial charge in [0.1, 0.15) is 6.04 Å². The molecule has 1 unspecified atom stereocenters. The van der Waals surface area contributed by atoms with Crippen LogP contribution in [0.3, 0.4) is 0 Å². The number of ether oxygens (including phenoxy) is 2. The van der Waals surface area contributed by atoms with Gasteiger partial charge in [-0.25, -0.2) is 0 Å². The highest BCUT2D eigenvalue weighted by molar-refractivity contribution is 6.30. The number of nitrogens with one attached hydrogen (secondary N) is 1. The molecule has 0 aliphatic carbocycles. The molecule has 0 saturated heterocycles. The lowest BCUT2D eigenvalue weighted by atomic mass is 10.0. The van der Waals surface area contributed by atoms with E-state index >= 15 is 0 Å². The number of carbonyl (C=O) groups excluding carboxylic acids is 2. The Hall–Kier alpha value is -3.51. The van der Waals surface area contributed by atoms with Gasteiger partial charge in [0.05, 0.1) is 20.6 Å². The summed E-state index contributed by atoms with van der Waals surface area (Å²) in [6.45, 7) is 4.83. The lowest BCUT2D eigenvalue weighted by Crippen LogP contribution is -2.44. The first-order valence-electron chi connectivity index (χ1n) is 11.9. The zero-order chi connectivity index (χ0) is 26.1. The quantitative estimate of drug-likeness (QED) is 0.374. The van der Waals surface area contributed by atoms with Crippen molar-refractivity contribution in [2.45, 2.75) is 32.9 Å². The molecule has 190 valence electrons. The molecule has 0 aliphatic rings. The molecule has 2 amide bonds. The van der Waals surface area contributed by atoms with Crippen LogP contribution in [0.25, 0.3) is 0 Å². The second kappa shape index (κ2) is 13.0. The van der Waals surface area contributed by atoms with Crippen molar-refractivity contribution in [3.63, 3.8) is 0 Å². The fraction of sp³-hybridized carbons (Fsp3) is 0.310. The Morgan fingerprint density at radius 1 is 0.889 bits per heavy atom. The van der Waals surface area contributed by atoms with Crippen LogP contribution in [0.2, 0.25) is 5.02 Å². The van der Waals surface area contributed by atoms with E-state index in [0.717, 1.165) is 16.7 Å². The van der Waals surface area contributed by atoms with E-state index < -0.39 is 6.04 Å². The summed E-state index contributed by atoms with van der Waals surface area (Å²) in [4.78, 5) is 29.0. The van der Waals surface area contributed by atoms with Crippen molar-refractivity contribution in [1.82, 2.24) is 10.2 Å². The fourth-order valence-corrected chi connectivity index (χ4v) is 4.01. The second-order valence-electron chi connectivity index (χ2n) is 8.97. The average molecular weight is 509 g/mol. The Morgan fingerprint density at radius 2 is 1.53 bits per heavy atom. The smallest absolute Gasteiger partial charge is 0.247 e. The van der Waals surface area contributed by atoms with Crippen LogP contribution >= 0.6 is 11.6 Å². The number of rotatable bonds is 11. The lowest BCUT2D eigenvalue weighted by molar-refractivity contribution is -0.141. The van der Waals surface area contributed by atoms with Gasteiger partial charge in [-0.05, 0) is 46.9 Å². The minimum absolute atomic E-state index is 0.0920. The van der Waals surface area contributed by atoms with E-state index in [-0.39, 0.29) is 30.7 Å². The Balaban J connectivity index is 2.00. The lowest BCUT2D eigenvalue weighted by Gasteiger charge is -2.32. The van der Waals surface area contributed by atoms with E-state index in [2.05, 4.69) is 5.32 Å². The molecule has 1 atom stereocenters. The molecular formula is C29H33ClN2O4. The van der Waals surface area contributed by atoms with Crippen LogP contribution in [-0.2, 0) is 22.6 Å². The van der Waals surface area contributed by atoms with Gasteiger partial charge in [-0.1, -0.05) is 74.0 Å². The maximum absolute atomic E-state index is 13.8. The molecule has 0 aromatic heterocycles. The van der Waals surface area contributed by atoms with Gasteiger partial charge in [0.2, 0.25) is 11.8 Å². The number of halogens is 1. The Morgan fingerprint density at radius 3 is 2.14 bits per heavy atom. The maximum atomic E-state index is 13.8. The van der Waals surface area contributed by atoms with Crippen molar-refractivity contribution in [1.29, 1.82) is 0 Å². The highest BCUT2D eigenvalue weighted by atomic mass is 35.5. The Kier molecular flexibility index (Phi) is 9.77. The van der Waals surface area contributed by atoms with Crippen molar-refractivity contribution in [2.75, 3.05) is 20.8 Å². The molecule has 6 nitrogen and oxygen atoms in total. The third kappa shape index (κ3) is 7.25. The minimum atomic E-state index is -0.798. The molecule has 36 heavy (non-hydrogen) atoms. The summed E-state index contributed by atoms with van der Waals surface area (Å²) in [5, 5.41) is 3.63. The molecular weight excluding hydrogens is 476 g/mol. The average Bonchev–Trinajstić information content (AvgIpc) is 2.88. The second-order valence-corrected chi connectivity index (χ2v) is 9.40. The van der Waals surface area contributed by atoms with E-state index in [1.807, 2.05) is 62.4 Å². The molecule has 0 radical (unpaired) electrons. The number of nitrogens with zero attached hydrogens (tertiary/aromatic N) is 1. The highest BCUT2D eigenvalue weighted by Crippen LogP contribution is 2.29. The van der Waals surface area contributed by atoms with Gasteiger partial charge in [0, 0.05) is 18.1 Å². The predicted octanol–water partition coefficient (Wildman–Crippen LogP) is 5.44. The third-order valence-electron chi connectivity index (χ3n) is 5.75. The zero-order valence-electron chi connectivity index (χ0n) is 21.2. The summed E-state index contributed by atoms with van der Waals surface area (Å²) >= 11 is 6.08. The van der Waals surface area contributed by atoms with Crippen LogP contribution in [-0.4, -0.2) is 37.5 Å². The standard InChI is InChI=1S/C29H33ClN2O4/c1-20(2)18-31-29(34)28(23-8-6-5-7-9-23)32(19-21-10-13-24(30)14-11-21)27(33)17-22-12-15-25(35-3)26(16-22)36-4/h5-16,20,28H,17-19H2,1-4H3,(H,31,34). The first-order chi connectivity index (χ1) is 17.3. The van der Waals surface area contributed by atoms with Gasteiger partial charge in [0.25, 0.3) is 0 Å². The van der Waals surface area contributed by atoms with Crippen molar-refractivity contribution in [3.8, 4) is 11.5 Å². The molecule has 3 aromatic carbocycles. The fourth-order valence-electron chi connectivity index (χ4n) is 3.89. The number of benzene rings is 3. The molecule has 1 N–H and O–H groups in total. The van der Waals surface area contributed by atoms with Crippen LogP contribution in [0.1, 0.15) is 36.6 Å². The van der Waals surface area contributed by atoms with Gasteiger partial charge >= 0.3 is 0 Å². The summed E-state index contributed by atoms with van der Waals surface area (Å²) in [7, 11) is 3.12. The largest absolute Gasteiger partial charge is 0.493 e. The molecule has 0 bridgehead atoms. The molecule has 7 heteroatoms. The topological polar surface area (TPSA) is 67.9 Å².